The molecule has 0 aliphatic carbocycles. The first kappa shape index (κ1) is 13.0. The van der Waals surface area contributed by atoms with E-state index >= 15 is 0 Å². The van der Waals surface area contributed by atoms with Crippen LogP contribution in [0, 0.1) is 0 Å². The standard InChI is InChI=1S/C10H10ClF3O2/c1-15-7-4-3-6(5-11)8(9(7)16-2)10(12,13)14/h3-4H,5H2,1-2H3. The fraction of sp³-hybridized carbons (Fsp3) is 0.400. The first-order valence-corrected chi connectivity index (χ1v) is 4.86. The van der Waals surface area contributed by atoms with Gasteiger partial charge in [-0.25, -0.2) is 0 Å². The molecule has 0 aliphatic rings. The third-order valence-electron chi connectivity index (χ3n) is 2.06. The van der Waals surface area contributed by atoms with E-state index < -0.39 is 11.7 Å². The third-order valence-corrected chi connectivity index (χ3v) is 2.35. The highest BCUT2D eigenvalue weighted by atomic mass is 35.5. The molecular weight excluding hydrogens is 245 g/mol. The molecule has 1 aromatic rings. The molecule has 0 heterocycles. The summed E-state index contributed by atoms with van der Waals surface area (Å²) in [6.45, 7) is 0. The van der Waals surface area contributed by atoms with Gasteiger partial charge in [0.1, 0.15) is 5.56 Å². The molecule has 0 spiro atoms. The van der Waals surface area contributed by atoms with Crippen LogP contribution in [-0.2, 0) is 12.1 Å². The van der Waals surface area contributed by atoms with Crippen molar-refractivity contribution in [1.82, 2.24) is 0 Å². The molecule has 2 nitrogen and oxygen atoms in total. The molecule has 0 N–H and O–H groups in total. The second kappa shape index (κ2) is 4.82. The summed E-state index contributed by atoms with van der Waals surface area (Å²) in [5.41, 5.74) is -0.920. The summed E-state index contributed by atoms with van der Waals surface area (Å²) >= 11 is 5.47. The molecule has 1 rings (SSSR count). The average molecular weight is 255 g/mol. The summed E-state index contributed by atoms with van der Waals surface area (Å²) in [6.07, 6.45) is -4.52. The Hall–Kier alpha value is -1.10. The van der Waals surface area contributed by atoms with E-state index in [0.29, 0.717) is 0 Å². The number of alkyl halides is 4. The molecule has 0 atom stereocenters. The zero-order valence-corrected chi connectivity index (χ0v) is 9.45. The Morgan fingerprint density at radius 2 is 1.81 bits per heavy atom. The van der Waals surface area contributed by atoms with Crippen LogP contribution in [0.3, 0.4) is 0 Å². The number of benzene rings is 1. The molecule has 0 amide bonds. The number of hydrogen-bond donors (Lipinski definition) is 0. The van der Waals surface area contributed by atoms with Gasteiger partial charge in [-0.05, 0) is 11.6 Å². The van der Waals surface area contributed by atoms with Crippen LogP contribution in [0.5, 0.6) is 11.5 Å². The fourth-order valence-corrected chi connectivity index (χ4v) is 1.61. The topological polar surface area (TPSA) is 18.5 Å². The Morgan fingerprint density at radius 3 is 2.19 bits per heavy atom. The van der Waals surface area contributed by atoms with Crippen LogP contribution in [0.1, 0.15) is 11.1 Å². The van der Waals surface area contributed by atoms with Crippen LogP contribution in [0.15, 0.2) is 12.1 Å². The molecule has 0 fully saturated rings. The van der Waals surface area contributed by atoms with Crippen LogP contribution in [0.4, 0.5) is 13.2 Å². The van der Waals surface area contributed by atoms with Crippen LogP contribution < -0.4 is 9.47 Å². The lowest BCUT2D eigenvalue weighted by molar-refractivity contribution is -0.139. The number of methoxy groups -OCH3 is 2. The summed E-state index contributed by atoms with van der Waals surface area (Å²) in [5.74, 6) is -0.549. The lowest BCUT2D eigenvalue weighted by atomic mass is 10.1. The van der Waals surface area contributed by atoms with Crippen LogP contribution in [-0.4, -0.2) is 14.2 Å². The predicted octanol–water partition coefficient (Wildman–Crippen LogP) is 3.46. The van der Waals surface area contributed by atoms with Gasteiger partial charge in [-0.15, -0.1) is 11.6 Å². The minimum Gasteiger partial charge on any atom is -0.493 e. The van der Waals surface area contributed by atoms with Gasteiger partial charge in [0, 0.05) is 5.88 Å². The summed E-state index contributed by atoms with van der Waals surface area (Å²) < 4.78 is 48.0. The molecule has 16 heavy (non-hydrogen) atoms. The molecule has 1 aromatic carbocycles. The summed E-state index contributed by atoms with van der Waals surface area (Å²) in [4.78, 5) is 0. The van der Waals surface area contributed by atoms with Crippen LogP contribution in [0.2, 0.25) is 0 Å². The maximum Gasteiger partial charge on any atom is 0.420 e. The minimum absolute atomic E-state index is 0.0312. The van der Waals surface area contributed by atoms with E-state index in [4.69, 9.17) is 21.1 Å². The van der Waals surface area contributed by atoms with E-state index in [-0.39, 0.29) is 22.9 Å². The van der Waals surface area contributed by atoms with Crippen molar-refractivity contribution in [2.75, 3.05) is 14.2 Å². The van der Waals surface area contributed by atoms with Gasteiger partial charge in [0.2, 0.25) is 0 Å². The average Bonchev–Trinajstić information content (AvgIpc) is 2.25. The molecule has 6 heteroatoms. The van der Waals surface area contributed by atoms with Gasteiger partial charge in [0.15, 0.2) is 11.5 Å². The largest absolute Gasteiger partial charge is 0.493 e. The van der Waals surface area contributed by atoms with Gasteiger partial charge in [-0.3, -0.25) is 0 Å². The fourth-order valence-electron chi connectivity index (χ4n) is 1.39. The molecule has 0 saturated heterocycles. The second-order valence-electron chi connectivity index (χ2n) is 2.97. The SMILES string of the molecule is COc1ccc(CCl)c(C(F)(F)F)c1OC. The molecule has 0 aromatic heterocycles. The molecule has 0 saturated carbocycles. The van der Waals surface area contributed by atoms with E-state index in [2.05, 4.69) is 0 Å². The van der Waals surface area contributed by atoms with Crippen molar-refractivity contribution in [3.05, 3.63) is 23.3 Å². The summed E-state index contributed by atoms with van der Waals surface area (Å²) in [7, 11) is 2.43. The highest BCUT2D eigenvalue weighted by Gasteiger charge is 2.38. The monoisotopic (exact) mass is 254 g/mol. The van der Waals surface area contributed by atoms with E-state index in [1.807, 2.05) is 0 Å². The van der Waals surface area contributed by atoms with E-state index in [1.165, 1.54) is 19.2 Å². The van der Waals surface area contributed by atoms with Gasteiger partial charge in [-0.1, -0.05) is 6.07 Å². The van der Waals surface area contributed by atoms with Crippen molar-refractivity contribution in [3.63, 3.8) is 0 Å². The maximum absolute atomic E-state index is 12.8. The van der Waals surface area contributed by atoms with Crippen molar-refractivity contribution in [2.45, 2.75) is 12.1 Å². The van der Waals surface area contributed by atoms with Crippen LogP contribution >= 0.6 is 11.6 Å². The molecular formula is C10H10ClF3O2. The van der Waals surface area contributed by atoms with Gasteiger partial charge in [0.25, 0.3) is 0 Å². The highest BCUT2D eigenvalue weighted by Crippen LogP contribution is 2.44. The maximum atomic E-state index is 12.8. The Labute approximate surface area is 95.9 Å². The summed E-state index contributed by atoms with van der Waals surface area (Å²) in [5, 5.41) is 0. The second-order valence-corrected chi connectivity index (χ2v) is 3.23. The highest BCUT2D eigenvalue weighted by molar-refractivity contribution is 6.17. The lowest BCUT2D eigenvalue weighted by Crippen LogP contribution is -2.11. The number of halogens is 4. The smallest absolute Gasteiger partial charge is 0.420 e. The number of hydrogen-bond acceptors (Lipinski definition) is 2. The number of ether oxygens (including phenoxy) is 2. The Morgan fingerprint density at radius 1 is 1.19 bits per heavy atom. The van der Waals surface area contributed by atoms with Gasteiger partial charge < -0.3 is 9.47 Å². The van der Waals surface area contributed by atoms with E-state index in [1.54, 1.807) is 0 Å². The van der Waals surface area contributed by atoms with Crippen LogP contribution in [0.25, 0.3) is 0 Å². The molecule has 0 radical (unpaired) electrons. The van der Waals surface area contributed by atoms with Gasteiger partial charge in [-0.2, -0.15) is 13.2 Å². The third kappa shape index (κ3) is 2.35. The minimum atomic E-state index is -4.52. The molecule has 0 bridgehead atoms. The quantitative estimate of drug-likeness (QED) is 0.769. The zero-order chi connectivity index (χ0) is 12.3. The predicted molar refractivity (Wildman–Crippen MR) is 54.1 cm³/mol. The van der Waals surface area contributed by atoms with Gasteiger partial charge >= 0.3 is 6.18 Å². The molecule has 90 valence electrons. The van der Waals surface area contributed by atoms with E-state index in [0.717, 1.165) is 7.11 Å². The lowest BCUT2D eigenvalue weighted by Gasteiger charge is -2.17. The van der Waals surface area contributed by atoms with Crippen molar-refractivity contribution < 1.29 is 22.6 Å². The number of rotatable bonds is 3. The van der Waals surface area contributed by atoms with Gasteiger partial charge in [0.05, 0.1) is 14.2 Å². The molecule has 0 aliphatic heterocycles. The first-order valence-electron chi connectivity index (χ1n) is 4.32. The normalized spacial score (nSPS) is 11.4. The van der Waals surface area contributed by atoms with Crippen molar-refractivity contribution in [3.8, 4) is 11.5 Å². The Kier molecular flexibility index (Phi) is 3.91. The zero-order valence-electron chi connectivity index (χ0n) is 8.69. The Balaban J connectivity index is 3.49. The van der Waals surface area contributed by atoms with Crippen molar-refractivity contribution in [1.29, 1.82) is 0 Å². The van der Waals surface area contributed by atoms with E-state index in [9.17, 15) is 13.2 Å². The van der Waals surface area contributed by atoms with Crippen molar-refractivity contribution in [2.24, 2.45) is 0 Å². The molecule has 0 unspecified atom stereocenters. The van der Waals surface area contributed by atoms with Crippen molar-refractivity contribution >= 4 is 11.6 Å². The first-order chi connectivity index (χ1) is 7.45. The summed E-state index contributed by atoms with van der Waals surface area (Å²) in [6, 6.07) is 2.67. The Bertz CT molecular complexity index is 377.